The van der Waals surface area contributed by atoms with Gasteiger partial charge in [-0.3, -0.25) is 0 Å². The molecule has 156 valence electrons. The molecule has 0 saturated carbocycles. The summed E-state index contributed by atoms with van der Waals surface area (Å²) in [5.41, 5.74) is 2.48. The first-order valence-electron chi connectivity index (χ1n) is 10.6. The maximum Gasteiger partial charge on any atom is 0.344 e. The van der Waals surface area contributed by atoms with Gasteiger partial charge >= 0.3 is 11.9 Å². The van der Waals surface area contributed by atoms with Crippen molar-refractivity contribution < 1.29 is 19.1 Å². The van der Waals surface area contributed by atoms with Gasteiger partial charge in [-0.25, -0.2) is 9.59 Å². The molecule has 0 aliphatic carbocycles. The van der Waals surface area contributed by atoms with Gasteiger partial charge in [0, 0.05) is 0 Å². The second-order valence-electron chi connectivity index (χ2n) is 7.52. The van der Waals surface area contributed by atoms with E-state index in [2.05, 4.69) is 6.92 Å². The second kappa shape index (κ2) is 12.1. The van der Waals surface area contributed by atoms with Crippen LogP contribution in [0.3, 0.4) is 0 Å². The van der Waals surface area contributed by atoms with E-state index in [1.54, 1.807) is 36.4 Å². The molecule has 2 aromatic carbocycles. The van der Waals surface area contributed by atoms with Crippen LogP contribution < -0.4 is 4.74 Å². The molecule has 0 saturated heterocycles. The van der Waals surface area contributed by atoms with Crippen molar-refractivity contribution in [2.45, 2.75) is 65.7 Å². The van der Waals surface area contributed by atoms with Crippen LogP contribution in [0.1, 0.15) is 83.7 Å². The highest BCUT2D eigenvalue weighted by Crippen LogP contribution is 2.19. The van der Waals surface area contributed by atoms with Crippen molar-refractivity contribution in [3.63, 3.8) is 0 Å². The molecule has 0 N–H and O–H groups in total. The maximum atomic E-state index is 12.6. The number of hydrogen-bond acceptors (Lipinski definition) is 4. The van der Waals surface area contributed by atoms with Gasteiger partial charge in [0.05, 0.1) is 17.7 Å². The summed E-state index contributed by atoms with van der Waals surface area (Å²) < 4.78 is 10.9. The largest absolute Gasteiger partial charge is 0.462 e. The molecule has 0 heterocycles. The first-order chi connectivity index (χ1) is 14.0. The number of carbonyl (C=O) groups is 2. The fourth-order valence-electron chi connectivity index (χ4n) is 3.29. The molecule has 0 amide bonds. The predicted molar refractivity (Wildman–Crippen MR) is 116 cm³/mol. The molecule has 2 aromatic rings. The van der Waals surface area contributed by atoms with E-state index in [1.165, 1.54) is 25.7 Å². The molecule has 0 radical (unpaired) electrons. The standard InChI is InChI=1S/C25H32O4/c1-4-5-6-7-8-9-12-15-28-24(26)22-13-10-11-14-23(22)25(27)29-21-17-19(2)16-20(3)18-21/h10-11,13-14,16-18H,4-9,12,15H2,1-3H3. The van der Waals surface area contributed by atoms with Crippen molar-refractivity contribution in [1.29, 1.82) is 0 Å². The highest BCUT2D eigenvalue weighted by molar-refractivity contribution is 6.03. The van der Waals surface area contributed by atoms with Gasteiger partial charge in [0.2, 0.25) is 0 Å². The SMILES string of the molecule is CCCCCCCCCOC(=O)c1ccccc1C(=O)Oc1cc(C)cc(C)c1. The van der Waals surface area contributed by atoms with Crippen molar-refractivity contribution in [1.82, 2.24) is 0 Å². The van der Waals surface area contributed by atoms with E-state index in [0.29, 0.717) is 12.4 Å². The molecule has 4 nitrogen and oxygen atoms in total. The Labute approximate surface area is 174 Å². The lowest BCUT2D eigenvalue weighted by atomic mass is 10.1. The Bertz CT molecular complexity index is 790. The fraction of sp³-hybridized carbons (Fsp3) is 0.440. The molecule has 0 atom stereocenters. The van der Waals surface area contributed by atoms with Crippen molar-refractivity contribution >= 4 is 11.9 Å². The molecule has 2 rings (SSSR count). The van der Waals surface area contributed by atoms with Crippen LogP contribution in [0.2, 0.25) is 0 Å². The van der Waals surface area contributed by atoms with E-state index in [0.717, 1.165) is 30.4 Å². The normalized spacial score (nSPS) is 10.6. The molecular formula is C25H32O4. The molecule has 0 bridgehead atoms. The maximum absolute atomic E-state index is 12.6. The van der Waals surface area contributed by atoms with Gasteiger partial charge in [-0.1, -0.05) is 63.6 Å². The van der Waals surface area contributed by atoms with Gasteiger partial charge in [0.1, 0.15) is 5.75 Å². The number of esters is 2. The topological polar surface area (TPSA) is 52.6 Å². The van der Waals surface area contributed by atoms with Crippen LogP contribution in [-0.4, -0.2) is 18.5 Å². The molecule has 0 aliphatic heterocycles. The molecule has 0 aliphatic rings. The second-order valence-corrected chi connectivity index (χ2v) is 7.52. The van der Waals surface area contributed by atoms with Crippen LogP contribution in [0.4, 0.5) is 0 Å². The number of carbonyl (C=O) groups excluding carboxylic acids is 2. The number of hydrogen-bond donors (Lipinski definition) is 0. The summed E-state index contributed by atoms with van der Waals surface area (Å²) in [5.74, 6) is -0.568. The van der Waals surface area contributed by atoms with Gasteiger partial charge in [-0.15, -0.1) is 0 Å². The van der Waals surface area contributed by atoms with Gasteiger partial charge in [-0.05, 0) is 55.7 Å². The van der Waals surface area contributed by atoms with Gasteiger partial charge in [-0.2, -0.15) is 0 Å². The first kappa shape index (κ1) is 22.7. The monoisotopic (exact) mass is 396 g/mol. The van der Waals surface area contributed by atoms with E-state index in [4.69, 9.17) is 9.47 Å². The summed E-state index contributed by atoms with van der Waals surface area (Å²) in [6.45, 7) is 6.46. The van der Waals surface area contributed by atoms with Crippen molar-refractivity contribution in [2.24, 2.45) is 0 Å². The smallest absolute Gasteiger partial charge is 0.344 e. The van der Waals surface area contributed by atoms with Crippen LogP contribution in [0.25, 0.3) is 0 Å². The number of benzene rings is 2. The lowest BCUT2D eigenvalue weighted by Crippen LogP contribution is -2.16. The lowest BCUT2D eigenvalue weighted by molar-refractivity contribution is 0.0489. The van der Waals surface area contributed by atoms with E-state index < -0.39 is 11.9 Å². The molecule has 4 heteroatoms. The van der Waals surface area contributed by atoms with Crippen LogP contribution in [-0.2, 0) is 4.74 Å². The van der Waals surface area contributed by atoms with E-state index in [9.17, 15) is 9.59 Å². The van der Waals surface area contributed by atoms with E-state index in [1.807, 2.05) is 19.9 Å². The summed E-state index contributed by atoms with van der Waals surface area (Å²) in [6.07, 6.45) is 8.07. The van der Waals surface area contributed by atoms with Crippen LogP contribution in [0.15, 0.2) is 42.5 Å². The van der Waals surface area contributed by atoms with Gasteiger partial charge in [0.15, 0.2) is 0 Å². The summed E-state index contributed by atoms with van der Waals surface area (Å²) in [4.78, 5) is 25.1. The minimum Gasteiger partial charge on any atom is -0.462 e. The average Bonchev–Trinajstić information content (AvgIpc) is 2.69. The number of ether oxygens (including phenoxy) is 2. The third-order valence-corrected chi connectivity index (χ3v) is 4.75. The van der Waals surface area contributed by atoms with Crippen LogP contribution >= 0.6 is 0 Å². The van der Waals surface area contributed by atoms with E-state index >= 15 is 0 Å². The summed E-state index contributed by atoms with van der Waals surface area (Å²) in [6, 6.07) is 12.2. The molecule has 0 unspecified atom stereocenters. The zero-order valence-corrected chi connectivity index (χ0v) is 17.8. The van der Waals surface area contributed by atoms with Crippen molar-refractivity contribution in [3.05, 3.63) is 64.7 Å². The Morgan fingerprint density at radius 2 is 1.31 bits per heavy atom. The van der Waals surface area contributed by atoms with Crippen LogP contribution in [0.5, 0.6) is 5.75 Å². The Balaban J connectivity index is 1.90. The quantitative estimate of drug-likeness (QED) is 0.249. The number of unbranched alkanes of at least 4 members (excludes halogenated alkanes) is 6. The first-order valence-corrected chi connectivity index (χ1v) is 10.6. The lowest BCUT2D eigenvalue weighted by Gasteiger charge is -2.10. The number of rotatable bonds is 11. The fourth-order valence-corrected chi connectivity index (χ4v) is 3.29. The minimum absolute atomic E-state index is 0.219. The van der Waals surface area contributed by atoms with Crippen molar-refractivity contribution in [3.8, 4) is 5.75 Å². The van der Waals surface area contributed by atoms with Gasteiger partial charge in [0.25, 0.3) is 0 Å². The summed E-state index contributed by atoms with van der Waals surface area (Å²) in [5, 5.41) is 0. The molecule has 0 fully saturated rings. The highest BCUT2D eigenvalue weighted by Gasteiger charge is 2.19. The molecule has 0 spiro atoms. The number of aryl methyl sites for hydroxylation is 2. The van der Waals surface area contributed by atoms with Gasteiger partial charge < -0.3 is 9.47 Å². The Hall–Kier alpha value is -2.62. The third-order valence-electron chi connectivity index (χ3n) is 4.75. The zero-order valence-electron chi connectivity index (χ0n) is 17.8. The predicted octanol–water partition coefficient (Wildman–Crippen LogP) is 6.43. The van der Waals surface area contributed by atoms with Crippen LogP contribution in [0, 0.1) is 13.8 Å². The van der Waals surface area contributed by atoms with E-state index in [-0.39, 0.29) is 11.1 Å². The molecule has 29 heavy (non-hydrogen) atoms. The zero-order chi connectivity index (χ0) is 21.1. The summed E-state index contributed by atoms with van der Waals surface area (Å²) >= 11 is 0. The van der Waals surface area contributed by atoms with Crippen molar-refractivity contribution in [2.75, 3.05) is 6.61 Å². The third kappa shape index (κ3) is 7.72. The Morgan fingerprint density at radius 3 is 1.93 bits per heavy atom. The highest BCUT2D eigenvalue weighted by atomic mass is 16.5. The summed E-state index contributed by atoms with van der Waals surface area (Å²) in [7, 11) is 0. The Kier molecular flexibility index (Phi) is 9.42. The minimum atomic E-state index is -0.557. The molecule has 0 aromatic heterocycles. The Morgan fingerprint density at radius 1 is 0.759 bits per heavy atom. The molecular weight excluding hydrogens is 364 g/mol. The average molecular weight is 397 g/mol.